The Kier molecular flexibility index (Phi) is 9.75. The summed E-state index contributed by atoms with van der Waals surface area (Å²) in [6.07, 6.45) is 0.460. The highest BCUT2D eigenvalue weighted by atomic mass is 35.5. The topological polar surface area (TPSA) is 130 Å². The number of rotatable bonds is 11. The van der Waals surface area contributed by atoms with Crippen LogP contribution in [0.2, 0.25) is 0 Å². The van der Waals surface area contributed by atoms with Gasteiger partial charge in [-0.15, -0.1) is 0 Å². The SMILES string of the molecule is COC1(Cl)C(=O)N(NCc2ccccc2)NC(OC(C)C)=C1OCC(=O)N1CCNC(Cc2ccc(N)cc2)C1. The summed E-state index contributed by atoms with van der Waals surface area (Å²) in [6.45, 7) is 5.31. The van der Waals surface area contributed by atoms with E-state index in [1.165, 1.54) is 7.11 Å². The zero-order chi connectivity index (χ0) is 28.7. The summed E-state index contributed by atoms with van der Waals surface area (Å²) in [5.74, 6) is -0.958. The second-order valence-corrected chi connectivity index (χ2v) is 10.5. The Bertz CT molecular complexity index is 1200. The first-order chi connectivity index (χ1) is 19.2. The van der Waals surface area contributed by atoms with Gasteiger partial charge < -0.3 is 30.2 Å². The molecule has 0 aliphatic carbocycles. The van der Waals surface area contributed by atoms with Gasteiger partial charge in [0.05, 0.1) is 6.10 Å². The summed E-state index contributed by atoms with van der Waals surface area (Å²) >= 11 is 6.72. The van der Waals surface area contributed by atoms with Crippen molar-refractivity contribution in [3.8, 4) is 0 Å². The largest absolute Gasteiger partial charge is 0.478 e. The van der Waals surface area contributed by atoms with Crippen LogP contribution in [-0.4, -0.2) is 72.4 Å². The average molecular weight is 573 g/mol. The number of piperazine rings is 1. The number of nitrogen functional groups attached to an aromatic ring is 1. The molecule has 5 N–H and O–H groups in total. The number of carbonyl (C=O) groups excluding carboxylic acids is 2. The number of carbonyl (C=O) groups is 2. The third-order valence-corrected chi connectivity index (χ3v) is 7.01. The van der Waals surface area contributed by atoms with Crippen molar-refractivity contribution in [3.05, 3.63) is 77.4 Å². The number of nitrogens with two attached hydrogens (primary N) is 1. The molecule has 2 aliphatic rings. The van der Waals surface area contributed by atoms with E-state index < -0.39 is 11.0 Å². The van der Waals surface area contributed by atoms with Crippen LogP contribution in [0.3, 0.4) is 0 Å². The lowest BCUT2D eigenvalue weighted by Gasteiger charge is -2.39. The molecule has 2 atom stereocenters. The highest BCUT2D eigenvalue weighted by Gasteiger charge is 2.52. The van der Waals surface area contributed by atoms with Crippen LogP contribution in [0.25, 0.3) is 0 Å². The molecule has 0 aromatic heterocycles. The molecule has 0 radical (unpaired) electrons. The molecule has 11 nitrogen and oxygen atoms in total. The van der Waals surface area contributed by atoms with Crippen LogP contribution in [-0.2, 0) is 36.8 Å². The summed E-state index contributed by atoms with van der Waals surface area (Å²) in [7, 11) is 1.29. The molecule has 216 valence electrons. The molecule has 4 rings (SSSR count). The second-order valence-electron chi connectivity index (χ2n) is 9.92. The smallest absolute Gasteiger partial charge is 0.312 e. The molecule has 12 heteroatoms. The number of alkyl halides is 1. The lowest BCUT2D eigenvalue weighted by Crippen LogP contribution is -2.63. The number of ether oxygens (including phenoxy) is 3. The highest BCUT2D eigenvalue weighted by Crippen LogP contribution is 2.35. The minimum Gasteiger partial charge on any atom is -0.478 e. The van der Waals surface area contributed by atoms with Crippen LogP contribution in [0.1, 0.15) is 25.0 Å². The van der Waals surface area contributed by atoms with Crippen molar-refractivity contribution in [1.82, 2.24) is 26.2 Å². The number of benzene rings is 2. The maximum atomic E-state index is 13.4. The molecule has 2 aromatic rings. The monoisotopic (exact) mass is 572 g/mol. The minimum absolute atomic E-state index is 0.0707. The molecule has 1 saturated heterocycles. The number of hydrogen-bond donors (Lipinski definition) is 4. The number of hydrogen-bond acceptors (Lipinski definition) is 9. The highest BCUT2D eigenvalue weighted by molar-refractivity contribution is 6.35. The molecule has 0 saturated carbocycles. The molecule has 2 aliphatic heterocycles. The van der Waals surface area contributed by atoms with E-state index in [9.17, 15) is 9.59 Å². The Morgan fingerprint density at radius 1 is 1.18 bits per heavy atom. The summed E-state index contributed by atoms with van der Waals surface area (Å²) in [4.78, 5) is 28.3. The van der Waals surface area contributed by atoms with Gasteiger partial charge in [0.25, 0.3) is 16.9 Å². The molecular formula is C28H37ClN6O5. The lowest BCUT2D eigenvalue weighted by molar-refractivity contribution is -0.162. The number of nitrogens with one attached hydrogen (secondary N) is 3. The predicted octanol–water partition coefficient (Wildman–Crippen LogP) is 1.86. The molecule has 0 spiro atoms. The van der Waals surface area contributed by atoms with Crippen LogP contribution >= 0.6 is 11.6 Å². The molecule has 1 fully saturated rings. The van der Waals surface area contributed by atoms with Gasteiger partial charge in [0.1, 0.15) is 0 Å². The minimum atomic E-state index is -2.05. The molecule has 2 amide bonds. The number of methoxy groups -OCH3 is 1. The molecule has 2 unspecified atom stereocenters. The zero-order valence-corrected chi connectivity index (χ0v) is 23.7. The summed E-state index contributed by atoms with van der Waals surface area (Å²) in [5, 5.41) is 2.50. The Morgan fingerprint density at radius 3 is 2.58 bits per heavy atom. The zero-order valence-electron chi connectivity index (χ0n) is 23.0. The second kappa shape index (κ2) is 13.2. The van der Waals surface area contributed by atoms with E-state index in [4.69, 9.17) is 31.5 Å². The molecular weight excluding hydrogens is 536 g/mol. The summed E-state index contributed by atoms with van der Waals surface area (Å²) in [6, 6.07) is 17.3. The molecule has 0 bridgehead atoms. The van der Waals surface area contributed by atoms with Crippen LogP contribution in [0.5, 0.6) is 0 Å². The van der Waals surface area contributed by atoms with Crippen LogP contribution < -0.4 is 21.9 Å². The van der Waals surface area contributed by atoms with Gasteiger partial charge in [-0.3, -0.25) is 9.59 Å². The number of amides is 2. The number of hydrazine groups is 2. The van der Waals surface area contributed by atoms with Crippen LogP contribution in [0.15, 0.2) is 66.2 Å². The molecule has 40 heavy (non-hydrogen) atoms. The van der Waals surface area contributed by atoms with Gasteiger partial charge in [-0.25, -0.2) is 10.9 Å². The van der Waals surface area contributed by atoms with Crippen LogP contribution in [0.4, 0.5) is 5.69 Å². The van der Waals surface area contributed by atoms with Crippen molar-refractivity contribution in [2.24, 2.45) is 0 Å². The van der Waals surface area contributed by atoms with Crippen molar-refractivity contribution < 1.29 is 23.8 Å². The predicted molar refractivity (Wildman–Crippen MR) is 151 cm³/mol. The van der Waals surface area contributed by atoms with Crippen molar-refractivity contribution in [3.63, 3.8) is 0 Å². The van der Waals surface area contributed by atoms with E-state index in [0.717, 1.165) is 22.7 Å². The number of halogens is 1. The Balaban J connectivity index is 1.44. The maximum Gasteiger partial charge on any atom is 0.312 e. The van der Waals surface area contributed by atoms with Gasteiger partial charge in [0.15, 0.2) is 6.61 Å². The quantitative estimate of drug-likeness (QED) is 0.235. The first-order valence-corrected chi connectivity index (χ1v) is 13.6. The van der Waals surface area contributed by atoms with Gasteiger partial charge >= 0.3 is 5.91 Å². The van der Waals surface area contributed by atoms with E-state index in [1.807, 2.05) is 68.4 Å². The summed E-state index contributed by atoms with van der Waals surface area (Å²) in [5.41, 5.74) is 14.5. The van der Waals surface area contributed by atoms with Crippen molar-refractivity contribution in [1.29, 1.82) is 0 Å². The van der Waals surface area contributed by atoms with E-state index >= 15 is 0 Å². The van der Waals surface area contributed by atoms with Gasteiger partial charge in [-0.1, -0.05) is 54.1 Å². The Morgan fingerprint density at radius 2 is 1.90 bits per heavy atom. The number of nitrogens with zero attached hydrogens (tertiary/aromatic N) is 2. The van der Waals surface area contributed by atoms with Gasteiger partial charge in [0, 0.05) is 45.0 Å². The fourth-order valence-corrected chi connectivity index (χ4v) is 4.70. The third kappa shape index (κ3) is 7.16. The standard InChI is InChI=1S/C28H37ClN6O5/c1-19(2)40-26-25(28(29,38-3)27(37)35(33-26)32-16-21-7-5-4-6-8-21)39-18-24(36)34-14-13-31-23(17-34)15-20-9-11-22(30)12-10-20/h4-12,19,23,31-33H,13-18,30H2,1-3H3. The Hall–Kier alpha value is -3.51. The fourth-order valence-electron chi connectivity index (χ4n) is 4.47. The van der Waals surface area contributed by atoms with Gasteiger partial charge in [-0.05, 0) is 43.5 Å². The first-order valence-electron chi connectivity index (χ1n) is 13.2. The third-order valence-electron chi connectivity index (χ3n) is 6.52. The lowest BCUT2D eigenvalue weighted by atomic mass is 10.0. The van der Waals surface area contributed by atoms with Gasteiger partial charge in [-0.2, -0.15) is 5.12 Å². The molecule has 2 heterocycles. The number of anilines is 1. The van der Waals surface area contributed by atoms with Crippen molar-refractivity contribution in [2.75, 3.05) is 39.1 Å². The molecule has 2 aromatic carbocycles. The van der Waals surface area contributed by atoms with E-state index in [1.54, 1.807) is 4.90 Å². The van der Waals surface area contributed by atoms with Crippen molar-refractivity contribution >= 4 is 29.1 Å². The first kappa shape index (κ1) is 29.5. The Labute approximate surface area is 239 Å². The normalized spacial score (nSPS) is 21.4. The van der Waals surface area contributed by atoms with Crippen LogP contribution in [0, 0.1) is 0 Å². The summed E-state index contributed by atoms with van der Waals surface area (Å²) < 4.78 is 17.3. The van der Waals surface area contributed by atoms with Gasteiger partial charge in [0.2, 0.25) is 5.76 Å². The van der Waals surface area contributed by atoms with E-state index in [2.05, 4.69) is 16.2 Å². The van der Waals surface area contributed by atoms with E-state index in [0.29, 0.717) is 31.9 Å². The average Bonchev–Trinajstić information content (AvgIpc) is 2.95. The van der Waals surface area contributed by atoms with Crippen molar-refractivity contribution in [2.45, 2.75) is 44.0 Å². The maximum absolute atomic E-state index is 13.4. The van der Waals surface area contributed by atoms with E-state index in [-0.39, 0.29) is 36.3 Å². The fraction of sp³-hybridized carbons (Fsp3) is 0.429.